The Hall–Kier alpha value is -2.04. The zero-order chi connectivity index (χ0) is 13.7. The normalized spacial score (nSPS) is 12.0. The Labute approximate surface area is 105 Å². The van der Waals surface area contributed by atoms with E-state index >= 15 is 0 Å². The van der Waals surface area contributed by atoms with Crippen molar-refractivity contribution in [2.75, 3.05) is 0 Å². The minimum Gasteiger partial charge on any atom is -0.506 e. The number of aromatic nitrogens is 2. The Bertz CT molecular complexity index is 681. The predicted molar refractivity (Wildman–Crippen MR) is 66.9 cm³/mol. The van der Waals surface area contributed by atoms with Crippen LogP contribution in [-0.4, -0.2) is 15.0 Å². The van der Waals surface area contributed by atoms with E-state index in [4.69, 9.17) is 0 Å². The molecule has 0 saturated carbocycles. The number of aryl methyl sites for hydroxylation is 1. The van der Waals surface area contributed by atoms with Gasteiger partial charge in [0.25, 0.3) is 5.56 Å². The molecular formula is C13H17N2O3+. The summed E-state index contributed by atoms with van der Waals surface area (Å²) in [6.07, 6.45) is 3.04. The molecular weight excluding hydrogens is 232 g/mol. The van der Waals surface area contributed by atoms with Crippen LogP contribution in [0.4, 0.5) is 0 Å². The van der Waals surface area contributed by atoms with Crippen LogP contribution in [0, 0.1) is 0 Å². The van der Waals surface area contributed by atoms with Gasteiger partial charge in [0.15, 0.2) is 6.20 Å². The fourth-order valence-corrected chi connectivity index (χ4v) is 2.01. The summed E-state index contributed by atoms with van der Waals surface area (Å²) in [4.78, 5) is 11.4. The van der Waals surface area contributed by atoms with E-state index in [0.717, 1.165) is 5.56 Å². The standard InChI is InChI=1S/C13H16N2O3/c1-13(2,3)9-7-14(4)10-5-11(16)15(18)6-8(10)12(9)17/h5-7,18H,1-4H3/p+1. The van der Waals surface area contributed by atoms with Crippen molar-refractivity contribution in [2.45, 2.75) is 26.2 Å². The predicted octanol–water partition coefficient (Wildman–Crippen LogP) is 1.07. The van der Waals surface area contributed by atoms with Crippen LogP contribution in [0.3, 0.4) is 0 Å². The van der Waals surface area contributed by atoms with Crippen molar-refractivity contribution in [3.63, 3.8) is 0 Å². The fraction of sp³-hybridized carbons (Fsp3) is 0.385. The van der Waals surface area contributed by atoms with Crippen molar-refractivity contribution < 1.29 is 14.9 Å². The Kier molecular flexibility index (Phi) is 2.57. The van der Waals surface area contributed by atoms with E-state index in [0.29, 0.717) is 15.6 Å². The lowest BCUT2D eigenvalue weighted by Crippen LogP contribution is -2.33. The largest absolute Gasteiger partial charge is 0.506 e. The molecule has 2 heterocycles. The van der Waals surface area contributed by atoms with Crippen molar-refractivity contribution in [1.29, 1.82) is 0 Å². The van der Waals surface area contributed by atoms with E-state index in [2.05, 4.69) is 0 Å². The maximum Gasteiger partial charge on any atom is 0.289 e. The lowest BCUT2D eigenvalue weighted by molar-refractivity contribution is -0.645. The monoisotopic (exact) mass is 249 g/mol. The van der Waals surface area contributed by atoms with Crippen molar-refractivity contribution in [3.05, 3.63) is 34.4 Å². The second kappa shape index (κ2) is 3.73. The lowest BCUT2D eigenvalue weighted by atomic mass is 9.86. The lowest BCUT2D eigenvalue weighted by Gasteiger charge is -2.19. The highest BCUT2D eigenvalue weighted by molar-refractivity contribution is 5.82. The summed E-state index contributed by atoms with van der Waals surface area (Å²) >= 11 is 0. The van der Waals surface area contributed by atoms with Gasteiger partial charge in [0.1, 0.15) is 18.2 Å². The topological polar surface area (TPSA) is 66.3 Å². The number of aromatic hydroxyl groups is 1. The molecule has 2 rings (SSSR count). The molecule has 0 aromatic carbocycles. The second-order valence-corrected chi connectivity index (χ2v) is 5.51. The highest BCUT2D eigenvalue weighted by Crippen LogP contribution is 2.33. The van der Waals surface area contributed by atoms with Gasteiger partial charge in [-0.2, -0.15) is 4.73 Å². The molecule has 0 aliphatic carbocycles. The summed E-state index contributed by atoms with van der Waals surface area (Å²) in [6.45, 7) is 5.97. The van der Waals surface area contributed by atoms with Crippen LogP contribution in [0.1, 0.15) is 26.3 Å². The van der Waals surface area contributed by atoms with Gasteiger partial charge >= 0.3 is 0 Å². The van der Waals surface area contributed by atoms with E-state index in [9.17, 15) is 15.1 Å². The van der Waals surface area contributed by atoms with Gasteiger partial charge in [-0.05, 0) is 5.41 Å². The molecule has 18 heavy (non-hydrogen) atoms. The zero-order valence-corrected chi connectivity index (χ0v) is 10.9. The van der Waals surface area contributed by atoms with E-state index < -0.39 is 5.56 Å². The highest BCUT2D eigenvalue weighted by atomic mass is 16.5. The van der Waals surface area contributed by atoms with Crippen molar-refractivity contribution in [2.24, 2.45) is 7.05 Å². The van der Waals surface area contributed by atoms with Crippen LogP contribution in [0.5, 0.6) is 5.75 Å². The Morgan fingerprint density at radius 1 is 1.33 bits per heavy atom. The molecule has 0 radical (unpaired) electrons. The first kappa shape index (κ1) is 12.4. The SMILES string of the molecule is C[n+]1cc(C(C)(C)C)c(O)c2cn(O)c(=O)cc21. The van der Waals surface area contributed by atoms with E-state index in [1.165, 1.54) is 12.3 Å². The molecule has 2 aromatic heterocycles. The minimum absolute atomic E-state index is 0.0957. The number of rotatable bonds is 0. The van der Waals surface area contributed by atoms with E-state index in [1.807, 2.05) is 20.8 Å². The van der Waals surface area contributed by atoms with Crippen molar-refractivity contribution in [3.8, 4) is 5.75 Å². The zero-order valence-electron chi connectivity index (χ0n) is 10.9. The van der Waals surface area contributed by atoms with Crippen LogP contribution in [-0.2, 0) is 12.5 Å². The van der Waals surface area contributed by atoms with Gasteiger partial charge in [0, 0.05) is 0 Å². The minimum atomic E-state index is -0.527. The smallest absolute Gasteiger partial charge is 0.289 e. The molecule has 0 bridgehead atoms. The summed E-state index contributed by atoms with van der Waals surface area (Å²) in [5, 5.41) is 20.1. The molecule has 0 atom stereocenters. The van der Waals surface area contributed by atoms with Gasteiger partial charge in [-0.25, -0.2) is 4.57 Å². The van der Waals surface area contributed by atoms with Crippen LogP contribution < -0.4 is 10.1 Å². The molecule has 96 valence electrons. The van der Waals surface area contributed by atoms with Gasteiger partial charge in [0.2, 0.25) is 5.52 Å². The van der Waals surface area contributed by atoms with Crippen LogP contribution in [0.15, 0.2) is 23.3 Å². The van der Waals surface area contributed by atoms with Crippen LogP contribution in [0.25, 0.3) is 10.9 Å². The average molecular weight is 249 g/mol. The second-order valence-electron chi connectivity index (χ2n) is 5.51. The maximum atomic E-state index is 11.4. The maximum absolute atomic E-state index is 11.4. The first-order valence-electron chi connectivity index (χ1n) is 5.69. The molecule has 5 heteroatoms. The van der Waals surface area contributed by atoms with Crippen LogP contribution in [0.2, 0.25) is 0 Å². The quantitative estimate of drug-likeness (QED) is 0.542. The summed E-state index contributed by atoms with van der Waals surface area (Å²) in [5.41, 5.74) is 0.583. The number of hydrogen-bond acceptors (Lipinski definition) is 3. The van der Waals surface area contributed by atoms with Gasteiger partial charge < -0.3 is 10.3 Å². The molecule has 5 nitrogen and oxygen atoms in total. The molecule has 0 aliphatic heterocycles. The summed E-state index contributed by atoms with van der Waals surface area (Å²) in [5.74, 6) is 0.0957. The third kappa shape index (κ3) is 1.81. The van der Waals surface area contributed by atoms with Crippen molar-refractivity contribution in [1.82, 2.24) is 4.73 Å². The summed E-state index contributed by atoms with van der Waals surface area (Å²) in [7, 11) is 1.80. The first-order valence-corrected chi connectivity index (χ1v) is 5.69. The average Bonchev–Trinajstić information content (AvgIpc) is 2.24. The Balaban J connectivity index is 2.95. The molecule has 2 N–H and O–H groups in total. The Morgan fingerprint density at radius 3 is 2.50 bits per heavy atom. The van der Waals surface area contributed by atoms with Crippen molar-refractivity contribution >= 4 is 10.9 Å². The van der Waals surface area contributed by atoms with Gasteiger partial charge in [0.05, 0.1) is 17.8 Å². The molecule has 0 spiro atoms. The molecule has 0 fully saturated rings. The number of hydrogen-bond donors (Lipinski definition) is 2. The van der Waals surface area contributed by atoms with Crippen LogP contribution >= 0.6 is 0 Å². The third-order valence-corrected chi connectivity index (χ3v) is 3.03. The fourth-order valence-electron chi connectivity index (χ4n) is 2.01. The molecule has 0 amide bonds. The molecule has 0 saturated heterocycles. The third-order valence-electron chi connectivity index (χ3n) is 3.03. The molecule has 0 unspecified atom stereocenters. The summed E-state index contributed by atoms with van der Waals surface area (Å²) in [6, 6.07) is 1.29. The Morgan fingerprint density at radius 2 is 1.94 bits per heavy atom. The first-order chi connectivity index (χ1) is 8.21. The summed E-state index contributed by atoms with van der Waals surface area (Å²) < 4.78 is 2.26. The number of nitrogens with zero attached hydrogens (tertiary/aromatic N) is 2. The van der Waals surface area contributed by atoms with Gasteiger partial charge in [-0.3, -0.25) is 4.79 Å². The number of pyridine rings is 2. The van der Waals surface area contributed by atoms with E-state index in [1.54, 1.807) is 17.8 Å². The molecule has 2 aromatic rings. The van der Waals surface area contributed by atoms with E-state index in [-0.39, 0.29) is 11.2 Å². The van der Waals surface area contributed by atoms with Gasteiger partial charge in [-0.15, -0.1) is 0 Å². The highest BCUT2D eigenvalue weighted by Gasteiger charge is 2.25. The molecule has 0 aliphatic rings. The number of fused-ring (bicyclic) bond motifs is 1. The van der Waals surface area contributed by atoms with Gasteiger partial charge in [-0.1, -0.05) is 20.8 Å².